The molecule has 0 spiro atoms. The van der Waals surface area contributed by atoms with Crippen molar-refractivity contribution in [1.29, 1.82) is 0 Å². The maximum absolute atomic E-state index is 11.8. The second-order valence-corrected chi connectivity index (χ2v) is 4.44. The Morgan fingerprint density at radius 2 is 1.95 bits per heavy atom. The number of benzene rings is 1. The van der Waals surface area contributed by atoms with E-state index in [0.29, 0.717) is 24.2 Å². The molecule has 108 valence electrons. The van der Waals surface area contributed by atoms with Crippen LogP contribution < -0.4 is 11.1 Å². The van der Waals surface area contributed by atoms with Crippen molar-refractivity contribution in [2.45, 2.75) is 6.42 Å². The van der Waals surface area contributed by atoms with Gasteiger partial charge < -0.3 is 16.2 Å². The van der Waals surface area contributed by atoms with Crippen LogP contribution >= 0.6 is 0 Å². The van der Waals surface area contributed by atoms with Gasteiger partial charge in [0.05, 0.1) is 17.4 Å². The van der Waals surface area contributed by atoms with Crippen LogP contribution in [-0.4, -0.2) is 28.5 Å². The molecule has 0 unspecified atom stereocenters. The van der Waals surface area contributed by atoms with E-state index in [2.05, 4.69) is 10.3 Å². The Hall–Kier alpha value is -2.89. The largest absolute Gasteiger partial charge is 0.478 e. The monoisotopic (exact) mass is 285 g/mol. The van der Waals surface area contributed by atoms with Gasteiger partial charge in [0.25, 0.3) is 5.91 Å². The first-order chi connectivity index (χ1) is 10.1. The zero-order valence-corrected chi connectivity index (χ0v) is 11.2. The van der Waals surface area contributed by atoms with Crippen molar-refractivity contribution in [3.8, 4) is 0 Å². The van der Waals surface area contributed by atoms with Gasteiger partial charge in [0.1, 0.15) is 5.69 Å². The van der Waals surface area contributed by atoms with E-state index in [-0.39, 0.29) is 17.2 Å². The van der Waals surface area contributed by atoms with E-state index in [0.717, 1.165) is 0 Å². The molecular weight excluding hydrogens is 270 g/mol. The number of carbonyl (C=O) groups excluding carboxylic acids is 1. The Balaban J connectivity index is 1.94. The van der Waals surface area contributed by atoms with Gasteiger partial charge in [-0.15, -0.1) is 0 Å². The van der Waals surface area contributed by atoms with Crippen molar-refractivity contribution < 1.29 is 14.7 Å². The normalized spacial score (nSPS) is 10.1. The lowest BCUT2D eigenvalue weighted by Gasteiger charge is -2.07. The van der Waals surface area contributed by atoms with Crippen LogP contribution in [0.3, 0.4) is 0 Å². The highest BCUT2D eigenvalue weighted by molar-refractivity contribution is 5.92. The first-order valence-corrected chi connectivity index (χ1v) is 6.39. The molecule has 0 radical (unpaired) electrons. The van der Waals surface area contributed by atoms with Crippen LogP contribution in [0.15, 0.2) is 42.6 Å². The van der Waals surface area contributed by atoms with Gasteiger partial charge in [-0.2, -0.15) is 0 Å². The summed E-state index contributed by atoms with van der Waals surface area (Å²) in [6.07, 6.45) is 1.85. The number of pyridine rings is 1. The molecule has 0 atom stereocenters. The number of rotatable bonds is 5. The number of carboxylic acids is 1. The van der Waals surface area contributed by atoms with E-state index < -0.39 is 5.97 Å². The summed E-state index contributed by atoms with van der Waals surface area (Å²) in [6.45, 7) is 0.329. The number of nitrogens with two attached hydrogens (primary N) is 1. The van der Waals surface area contributed by atoms with E-state index >= 15 is 0 Å². The number of hydrogen-bond donors (Lipinski definition) is 3. The van der Waals surface area contributed by atoms with Crippen LogP contribution in [0.2, 0.25) is 0 Å². The molecule has 0 fully saturated rings. The third-order valence-corrected chi connectivity index (χ3v) is 2.95. The van der Waals surface area contributed by atoms with Crippen molar-refractivity contribution in [3.05, 3.63) is 59.4 Å². The molecule has 6 heteroatoms. The van der Waals surface area contributed by atoms with Gasteiger partial charge in [-0.3, -0.25) is 4.79 Å². The highest BCUT2D eigenvalue weighted by atomic mass is 16.4. The summed E-state index contributed by atoms with van der Waals surface area (Å²) in [5.41, 5.74) is 7.18. The SMILES string of the molecule is Nc1ccc(C(=O)NCCc2ccccc2C(=O)O)nc1. The molecule has 0 bridgehead atoms. The topological polar surface area (TPSA) is 105 Å². The number of nitrogens with zero attached hydrogens (tertiary/aromatic N) is 1. The third-order valence-electron chi connectivity index (χ3n) is 2.95. The highest BCUT2D eigenvalue weighted by Gasteiger charge is 2.10. The van der Waals surface area contributed by atoms with Crippen LogP contribution in [0, 0.1) is 0 Å². The number of hydrogen-bond acceptors (Lipinski definition) is 4. The zero-order valence-electron chi connectivity index (χ0n) is 11.2. The van der Waals surface area contributed by atoms with Crippen LogP contribution in [0.4, 0.5) is 5.69 Å². The molecule has 0 saturated heterocycles. The molecule has 1 aromatic heterocycles. The smallest absolute Gasteiger partial charge is 0.335 e. The Labute approximate surface area is 121 Å². The predicted molar refractivity (Wildman–Crippen MR) is 78.1 cm³/mol. The molecule has 1 heterocycles. The number of carboxylic acid groups (broad SMARTS) is 1. The molecule has 0 aliphatic heterocycles. The lowest BCUT2D eigenvalue weighted by Crippen LogP contribution is -2.26. The van der Waals surface area contributed by atoms with Crippen molar-refractivity contribution in [2.75, 3.05) is 12.3 Å². The van der Waals surface area contributed by atoms with Crippen LogP contribution in [0.1, 0.15) is 26.4 Å². The lowest BCUT2D eigenvalue weighted by molar-refractivity contribution is 0.0695. The van der Waals surface area contributed by atoms with E-state index in [9.17, 15) is 9.59 Å². The molecule has 2 rings (SSSR count). The van der Waals surface area contributed by atoms with E-state index in [1.165, 1.54) is 12.3 Å². The van der Waals surface area contributed by atoms with Crippen molar-refractivity contribution in [3.63, 3.8) is 0 Å². The van der Waals surface area contributed by atoms with Gasteiger partial charge in [0.2, 0.25) is 0 Å². The quantitative estimate of drug-likeness (QED) is 0.768. The Morgan fingerprint density at radius 3 is 2.62 bits per heavy atom. The Kier molecular flexibility index (Phi) is 4.50. The second kappa shape index (κ2) is 6.51. The lowest BCUT2D eigenvalue weighted by atomic mass is 10.0. The van der Waals surface area contributed by atoms with Gasteiger partial charge >= 0.3 is 5.97 Å². The summed E-state index contributed by atoms with van der Waals surface area (Å²) in [6, 6.07) is 9.85. The minimum atomic E-state index is -0.975. The molecule has 1 aromatic carbocycles. The van der Waals surface area contributed by atoms with Gasteiger partial charge in [-0.05, 0) is 30.2 Å². The summed E-state index contributed by atoms with van der Waals surface area (Å²) in [4.78, 5) is 26.8. The number of carbonyl (C=O) groups is 2. The average molecular weight is 285 g/mol. The summed E-state index contributed by atoms with van der Waals surface area (Å²) in [7, 11) is 0. The summed E-state index contributed by atoms with van der Waals surface area (Å²) < 4.78 is 0. The minimum Gasteiger partial charge on any atom is -0.478 e. The molecule has 0 aliphatic carbocycles. The maximum Gasteiger partial charge on any atom is 0.335 e. The van der Waals surface area contributed by atoms with Crippen molar-refractivity contribution >= 4 is 17.6 Å². The average Bonchev–Trinajstić information content (AvgIpc) is 2.48. The second-order valence-electron chi connectivity index (χ2n) is 4.44. The first-order valence-electron chi connectivity index (χ1n) is 6.39. The number of aromatic nitrogens is 1. The van der Waals surface area contributed by atoms with Crippen LogP contribution in [0.5, 0.6) is 0 Å². The van der Waals surface area contributed by atoms with E-state index in [1.54, 1.807) is 30.3 Å². The van der Waals surface area contributed by atoms with Crippen molar-refractivity contribution in [2.24, 2.45) is 0 Å². The maximum atomic E-state index is 11.8. The minimum absolute atomic E-state index is 0.248. The highest BCUT2D eigenvalue weighted by Crippen LogP contribution is 2.09. The van der Waals surface area contributed by atoms with E-state index in [1.807, 2.05) is 0 Å². The van der Waals surface area contributed by atoms with Gasteiger partial charge in [-0.25, -0.2) is 9.78 Å². The standard InChI is InChI=1S/C15H15N3O3/c16-11-5-6-13(18-9-11)14(19)17-8-7-10-3-1-2-4-12(10)15(20)21/h1-6,9H,7-8,16H2,(H,17,19)(H,20,21). The number of aromatic carboxylic acids is 1. The molecule has 21 heavy (non-hydrogen) atoms. The molecule has 0 saturated carbocycles. The molecule has 6 nitrogen and oxygen atoms in total. The predicted octanol–water partition coefficient (Wildman–Crippen LogP) is 1.33. The van der Waals surface area contributed by atoms with Crippen LogP contribution in [-0.2, 0) is 6.42 Å². The molecule has 2 aromatic rings. The zero-order chi connectivity index (χ0) is 15.2. The van der Waals surface area contributed by atoms with E-state index in [4.69, 9.17) is 10.8 Å². The fraction of sp³-hybridized carbons (Fsp3) is 0.133. The fourth-order valence-corrected chi connectivity index (χ4v) is 1.89. The third kappa shape index (κ3) is 3.79. The van der Waals surface area contributed by atoms with Crippen LogP contribution in [0.25, 0.3) is 0 Å². The Bertz CT molecular complexity index is 653. The fourth-order valence-electron chi connectivity index (χ4n) is 1.89. The number of nitrogens with one attached hydrogen (secondary N) is 1. The summed E-state index contributed by atoms with van der Waals surface area (Å²) in [5, 5.41) is 11.8. The molecule has 1 amide bonds. The van der Waals surface area contributed by atoms with Gasteiger partial charge in [-0.1, -0.05) is 18.2 Å². The summed E-state index contributed by atoms with van der Waals surface area (Å²) >= 11 is 0. The molecule has 4 N–H and O–H groups in total. The Morgan fingerprint density at radius 1 is 1.19 bits per heavy atom. The van der Waals surface area contributed by atoms with Crippen molar-refractivity contribution in [1.82, 2.24) is 10.3 Å². The van der Waals surface area contributed by atoms with Gasteiger partial charge in [0, 0.05) is 6.54 Å². The molecular formula is C15H15N3O3. The summed E-state index contributed by atoms with van der Waals surface area (Å²) in [5.74, 6) is -1.29. The first kappa shape index (κ1) is 14.5. The number of amides is 1. The van der Waals surface area contributed by atoms with Gasteiger partial charge in [0.15, 0.2) is 0 Å². The number of anilines is 1. The number of nitrogen functional groups attached to an aromatic ring is 1. The molecule has 0 aliphatic rings.